The SMILES string of the molecule is C=CC(=O)Nc1cc(Nc2nccc(Nc3cc(C)c(F)cc3C(C)(C)O)n2)c(OC)cc1N1CC[C@@H](N(C)C)C1. The second-order valence-electron chi connectivity index (χ2n) is 10.8. The number of hydrogen-bond donors (Lipinski definition) is 4. The number of aliphatic hydroxyl groups is 1. The van der Waals surface area contributed by atoms with Crippen LogP contribution < -0.4 is 25.6 Å². The zero-order valence-corrected chi connectivity index (χ0v) is 24.4. The molecule has 1 aromatic heterocycles. The van der Waals surface area contributed by atoms with Crippen LogP contribution in [0.5, 0.6) is 5.75 Å². The zero-order chi connectivity index (χ0) is 29.9. The summed E-state index contributed by atoms with van der Waals surface area (Å²) < 4.78 is 20.0. The number of ether oxygens (including phenoxy) is 1. The van der Waals surface area contributed by atoms with Crippen molar-refractivity contribution in [3.63, 3.8) is 0 Å². The number of carbonyl (C=O) groups is 1. The summed E-state index contributed by atoms with van der Waals surface area (Å²) in [7, 11) is 5.70. The van der Waals surface area contributed by atoms with Gasteiger partial charge in [-0.1, -0.05) is 6.58 Å². The molecule has 10 nitrogen and oxygen atoms in total. The van der Waals surface area contributed by atoms with Gasteiger partial charge in [0.15, 0.2) is 0 Å². The Labute approximate surface area is 240 Å². The number of hydrogen-bond acceptors (Lipinski definition) is 9. The minimum Gasteiger partial charge on any atom is -0.494 e. The molecule has 218 valence electrons. The molecule has 2 heterocycles. The Morgan fingerprint density at radius 2 is 1.98 bits per heavy atom. The van der Waals surface area contributed by atoms with Gasteiger partial charge in [0, 0.05) is 42.6 Å². The molecule has 3 aromatic rings. The van der Waals surface area contributed by atoms with E-state index in [-0.39, 0.29) is 11.9 Å². The van der Waals surface area contributed by atoms with Crippen molar-refractivity contribution in [2.75, 3.05) is 55.1 Å². The molecule has 1 fully saturated rings. The van der Waals surface area contributed by atoms with E-state index < -0.39 is 11.4 Å². The number of aryl methyl sites for hydroxylation is 1. The van der Waals surface area contributed by atoms with Crippen LogP contribution in [0.15, 0.2) is 49.2 Å². The largest absolute Gasteiger partial charge is 0.494 e. The highest BCUT2D eigenvalue weighted by Crippen LogP contribution is 2.40. The molecule has 0 saturated carbocycles. The van der Waals surface area contributed by atoms with Gasteiger partial charge >= 0.3 is 0 Å². The third-order valence-corrected chi connectivity index (χ3v) is 7.12. The third kappa shape index (κ3) is 6.93. The monoisotopic (exact) mass is 563 g/mol. The van der Waals surface area contributed by atoms with Gasteiger partial charge in [0.2, 0.25) is 11.9 Å². The number of aromatic nitrogens is 2. The summed E-state index contributed by atoms with van der Waals surface area (Å²) in [6.45, 7) is 10.1. The molecule has 1 saturated heterocycles. The van der Waals surface area contributed by atoms with E-state index in [1.807, 2.05) is 6.07 Å². The van der Waals surface area contributed by atoms with E-state index >= 15 is 0 Å². The second-order valence-corrected chi connectivity index (χ2v) is 10.8. The Morgan fingerprint density at radius 3 is 2.61 bits per heavy atom. The van der Waals surface area contributed by atoms with Crippen molar-refractivity contribution in [2.45, 2.75) is 38.8 Å². The van der Waals surface area contributed by atoms with Crippen LogP contribution in [0.25, 0.3) is 0 Å². The van der Waals surface area contributed by atoms with E-state index in [0.717, 1.165) is 25.2 Å². The molecule has 0 spiro atoms. The lowest BCUT2D eigenvalue weighted by atomic mass is 9.95. The molecule has 0 unspecified atom stereocenters. The Balaban J connectivity index is 1.66. The van der Waals surface area contributed by atoms with E-state index in [9.17, 15) is 14.3 Å². The van der Waals surface area contributed by atoms with Gasteiger partial charge < -0.3 is 35.6 Å². The maximum atomic E-state index is 14.3. The van der Waals surface area contributed by atoms with Gasteiger partial charge in [0.05, 0.1) is 29.8 Å². The van der Waals surface area contributed by atoms with E-state index in [4.69, 9.17) is 4.74 Å². The predicted octanol–water partition coefficient (Wildman–Crippen LogP) is 4.91. The Morgan fingerprint density at radius 1 is 1.22 bits per heavy atom. The molecule has 4 rings (SSSR count). The molecule has 2 aromatic carbocycles. The van der Waals surface area contributed by atoms with Crippen LogP contribution >= 0.6 is 0 Å². The van der Waals surface area contributed by atoms with Crippen molar-refractivity contribution in [1.82, 2.24) is 14.9 Å². The number of nitrogens with one attached hydrogen (secondary N) is 3. The van der Waals surface area contributed by atoms with Gasteiger partial charge in [0.25, 0.3) is 0 Å². The van der Waals surface area contributed by atoms with Crippen LogP contribution in [0, 0.1) is 12.7 Å². The summed E-state index contributed by atoms with van der Waals surface area (Å²) >= 11 is 0. The van der Waals surface area contributed by atoms with Crippen molar-refractivity contribution in [3.8, 4) is 5.75 Å². The molecule has 1 amide bonds. The number of carbonyl (C=O) groups excluding carboxylic acids is 1. The maximum absolute atomic E-state index is 14.3. The van der Waals surface area contributed by atoms with Gasteiger partial charge in [-0.3, -0.25) is 4.79 Å². The van der Waals surface area contributed by atoms with Crippen molar-refractivity contribution >= 4 is 40.4 Å². The first-order valence-corrected chi connectivity index (χ1v) is 13.4. The zero-order valence-electron chi connectivity index (χ0n) is 24.4. The van der Waals surface area contributed by atoms with Crippen molar-refractivity contribution in [3.05, 3.63) is 66.1 Å². The van der Waals surface area contributed by atoms with Gasteiger partial charge in [-0.05, 0) is 77.2 Å². The van der Waals surface area contributed by atoms with Crippen LogP contribution in [0.2, 0.25) is 0 Å². The van der Waals surface area contributed by atoms with Crippen LogP contribution in [-0.2, 0) is 10.4 Å². The molecule has 0 radical (unpaired) electrons. The first-order chi connectivity index (χ1) is 19.4. The molecule has 1 atom stereocenters. The van der Waals surface area contributed by atoms with Crippen LogP contribution in [0.3, 0.4) is 0 Å². The number of benzene rings is 2. The highest BCUT2D eigenvalue weighted by Gasteiger charge is 2.27. The lowest BCUT2D eigenvalue weighted by Crippen LogP contribution is -2.31. The minimum absolute atomic E-state index is 0.263. The molecular formula is C30H38FN7O3. The molecule has 1 aliphatic rings. The van der Waals surface area contributed by atoms with E-state index in [0.29, 0.717) is 45.8 Å². The van der Waals surface area contributed by atoms with Gasteiger partial charge in [-0.2, -0.15) is 4.98 Å². The topological polar surface area (TPSA) is 115 Å². The molecule has 11 heteroatoms. The summed E-state index contributed by atoms with van der Waals surface area (Å²) in [6.07, 6.45) is 3.80. The quantitative estimate of drug-likeness (QED) is 0.255. The van der Waals surface area contributed by atoms with Crippen molar-refractivity contribution in [2.24, 2.45) is 0 Å². The summed E-state index contributed by atoms with van der Waals surface area (Å²) in [5, 5.41) is 19.9. The number of amides is 1. The van der Waals surface area contributed by atoms with E-state index in [2.05, 4.69) is 56.4 Å². The molecule has 0 bridgehead atoms. The summed E-state index contributed by atoms with van der Waals surface area (Å²) in [5.41, 5.74) is 2.06. The fourth-order valence-corrected chi connectivity index (χ4v) is 4.80. The highest BCUT2D eigenvalue weighted by atomic mass is 19.1. The fraction of sp³-hybridized carbons (Fsp3) is 0.367. The number of halogens is 1. The second kappa shape index (κ2) is 12.1. The lowest BCUT2D eigenvalue weighted by Gasteiger charge is -2.25. The first-order valence-electron chi connectivity index (χ1n) is 13.4. The normalized spacial score (nSPS) is 15.1. The summed E-state index contributed by atoms with van der Waals surface area (Å²) in [4.78, 5) is 25.7. The van der Waals surface area contributed by atoms with Crippen molar-refractivity contribution < 1.29 is 19.0 Å². The first kappa shape index (κ1) is 29.8. The highest BCUT2D eigenvalue weighted by molar-refractivity contribution is 6.02. The van der Waals surface area contributed by atoms with Gasteiger partial charge in [0.1, 0.15) is 17.4 Å². The van der Waals surface area contributed by atoms with Crippen LogP contribution in [-0.4, -0.2) is 66.2 Å². The van der Waals surface area contributed by atoms with Crippen LogP contribution in [0.1, 0.15) is 31.4 Å². The van der Waals surface area contributed by atoms with Gasteiger partial charge in [-0.25, -0.2) is 9.37 Å². The Hall–Kier alpha value is -4.22. The lowest BCUT2D eigenvalue weighted by molar-refractivity contribution is -0.111. The number of rotatable bonds is 10. The number of methoxy groups -OCH3 is 1. The number of nitrogens with zero attached hydrogens (tertiary/aromatic N) is 4. The Kier molecular flexibility index (Phi) is 8.79. The third-order valence-electron chi connectivity index (χ3n) is 7.12. The number of anilines is 6. The van der Waals surface area contributed by atoms with Crippen LogP contribution in [0.4, 0.5) is 38.9 Å². The average molecular weight is 564 g/mol. The standard InChI is InChI=1S/C30H38FN7O3/c1-8-28(39)34-23-15-24(26(41-7)16-25(23)38-12-10-19(17-38)37(5)6)35-29-32-11-9-27(36-29)33-22-13-18(2)21(31)14-20(22)30(3,4)40/h8-9,11,13-16,19,40H,1,10,12,17H2,2-7H3,(H,34,39)(H2,32,33,35,36)/t19-/m1/s1. The summed E-state index contributed by atoms with van der Waals surface area (Å²) in [6, 6.07) is 8.70. The number of likely N-dealkylation sites (N-methyl/N-ethyl adjacent to an activating group) is 1. The fourth-order valence-electron chi connectivity index (χ4n) is 4.80. The molecule has 0 aliphatic carbocycles. The Bertz CT molecular complexity index is 1440. The maximum Gasteiger partial charge on any atom is 0.247 e. The molecule has 1 aliphatic heterocycles. The smallest absolute Gasteiger partial charge is 0.247 e. The average Bonchev–Trinajstić information content (AvgIpc) is 3.41. The van der Waals surface area contributed by atoms with Gasteiger partial charge in [-0.15, -0.1) is 0 Å². The van der Waals surface area contributed by atoms with E-state index in [1.165, 1.54) is 12.1 Å². The van der Waals surface area contributed by atoms with E-state index in [1.54, 1.807) is 52.3 Å². The predicted molar refractivity (Wildman–Crippen MR) is 161 cm³/mol. The molecule has 41 heavy (non-hydrogen) atoms. The minimum atomic E-state index is -1.28. The summed E-state index contributed by atoms with van der Waals surface area (Å²) in [5.74, 6) is 0.510. The molecular weight excluding hydrogens is 525 g/mol. The molecule has 4 N–H and O–H groups in total. The van der Waals surface area contributed by atoms with Crippen molar-refractivity contribution in [1.29, 1.82) is 0 Å².